The van der Waals surface area contributed by atoms with E-state index in [4.69, 9.17) is 17.2 Å². The molecule has 21 N–H and O–H groups in total. The second-order valence-corrected chi connectivity index (χ2v) is 21.2. The molecule has 0 unspecified atom stereocenters. The maximum atomic E-state index is 14.8. The molecule has 4 aromatic rings. The number of carbonyl (C=O) groups excluding carboxylic acids is 9. The van der Waals surface area contributed by atoms with Crippen LogP contribution in [0.5, 0.6) is 0 Å². The van der Waals surface area contributed by atoms with Crippen LogP contribution >= 0.6 is 11.8 Å². The number of fused-ring (bicyclic) bond motifs is 2. The number of aliphatic hydroxyl groups is 2. The minimum atomic E-state index is -1.71. The normalized spacial score (nSPS) is 14.0. The number of aliphatic hydroxyl groups excluding tert-OH is 2. The molecule has 8 atom stereocenters. The van der Waals surface area contributed by atoms with Gasteiger partial charge in [0.05, 0.1) is 26.3 Å². The van der Waals surface area contributed by atoms with E-state index < -0.39 is 153 Å². The molecule has 4 rings (SSSR count). The first-order valence-corrected chi connectivity index (χ1v) is 28.6. The summed E-state index contributed by atoms with van der Waals surface area (Å²) in [5.74, 6) is -11.2. The van der Waals surface area contributed by atoms with Gasteiger partial charge in [-0.05, 0) is 73.3 Å². The van der Waals surface area contributed by atoms with Crippen LogP contribution in [0.15, 0.2) is 65.9 Å². The van der Waals surface area contributed by atoms with Gasteiger partial charge in [-0.1, -0.05) is 50.2 Å². The van der Waals surface area contributed by atoms with Crippen LogP contribution in [0.3, 0.4) is 0 Å². The molecule has 0 aliphatic carbocycles. The number of aromatic amines is 2. The van der Waals surface area contributed by atoms with Crippen LogP contribution in [0, 0.1) is 5.92 Å². The topological polar surface area (TPSA) is 499 Å². The number of aromatic nitrogens is 2. The van der Waals surface area contributed by atoms with Gasteiger partial charge in [0.25, 0.3) is 0 Å². The minimum absolute atomic E-state index is 0.00590. The third-order valence-electron chi connectivity index (χ3n) is 13.1. The molecule has 31 heteroatoms. The highest BCUT2D eigenvalue weighted by molar-refractivity contribution is 7.98. The van der Waals surface area contributed by atoms with Crippen LogP contribution in [0.1, 0.15) is 63.5 Å². The number of para-hydroxylation sites is 2. The predicted molar refractivity (Wildman–Crippen MR) is 313 cm³/mol. The van der Waals surface area contributed by atoms with Crippen LogP contribution < -0.4 is 65.1 Å². The second-order valence-electron chi connectivity index (χ2n) is 20.2. The number of aliphatic carboxylic acids is 2. The number of hydrogen-bond acceptors (Lipinski definition) is 16. The molecule has 30 nitrogen and oxygen atoms in total. The number of nitrogens with two attached hydrogens (primary N) is 3. The Hall–Kier alpha value is -8.81. The van der Waals surface area contributed by atoms with E-state index in [-0.39, 0.29) is 56.9 Å². The lowest BCUT2D eigenvalue weighted by Crippen LogP contribution is -2.60. The third-order valence-corrected chi connectivity index (χ3v) is 13.8. The zero-order chi connectivity index (χ0) is 62.8. The molecule has 9 amide bonds. The predicted octanol–water partition coefficient (Wildman–Crippen LogP) is -3.83. The number of benzene rings is 2. The lowest BCUT2D eigenvalue weighted by Gasteiger charge is -2.28. The largest absolute Gasteiger partial charge is 0.481 e. The molecular weight excluding hydrogens is 1130 g/mol. The molecule has 0 bridgehead atoms. The fraction of sp³-hybridized carbons (Fsp3) is 0.481. The van der Waals surface area contributed by atoms with Crippen molar-refractivity contribution in [2.75, 3.05) is 44.9 Å². The highest BCUT2D eigenvalue weighted by Crippen LogP contribution is 2.21. The van der Waals surface area contributed by atoms with Crippen molar-refractivity contribution < 1.29 is 73.2 Å². The van der Waals surface area contributed by atoms with Crippen molar-refractivity contribution in [3.05, 3.63) is 72.1 Å². The fourth-order valence-corrected chi connectivity index (χ4v) is 9.16. The molecule has 2 aromatic heterocycles. The Labute approximate surface area is 492 Å². The van der Waals surface area contributed by atoms with Crippen molar-refractivity contribution >= 4 is 105 Å². The summed E-state index contributed by atoms with van der Waals surface area (Å²) in [6.45, 7) is 0.409. The summed E-state index contributed by atoms with van der Waals surface area (Å²) in [5, 5.41) is 61.1. The zero-order valence-electron chi connectivity index (χ0n) is 47.2. The number of nitrogens with zero attached hydrogens (tertiary/aromatic N) is 1. The quantitative estimate of drug-likeness (QED) is 0.0117. The van der Waals surface area contributed by atoms with Gasteiger partial charge in [-0.2, -0.15) is 11.8 Å². The van der Waals surface area contributed by atoms with Gasteiger partial charge in [-0.15, -0.1) is 0 Å². The van der Waals surface area contributed by atoms with Crippen molar-refractivity contribution in [2.45, 2.75) is 114 Å². The summed E-state index contributed by atoms with van der Waals surface area (Å²) >= 11 is 1.36. The van der Waals surface area contributed by atoms with Crippen molar-refractivity contribution in [3.8, 4) is 0 Å². The molecule has 0 aliphatic rings. The highest BCUT2D eigenvalue weighted by Gasteiger charge is 2.35. The molecule has 0 spiro atoms. The molecule has 2 aromatic carbocycles. The molecule has 0 aliphatic heterocycles. The minimum Gasteiger partial charge on any atom is -0.481 e. The van der Waals surface area contributed by atoms with E-state index in [9.17, 15) is 73.2 Å². The summed E-state index contributed by atoms with van der Waals surface area (Å²) in [6, 6.07) is 2.64. The highest BCUT2D eigenvalue weighted by atomic mass is 32.2. The number of thioether (sulfide) groups is 1. The van der Waals surface area contributed by atoms with Crippen LogP contribution in [0.25, 0.3) is 21.8 Å². The van der Waals surface area contributed by atoms with Gasteiger partial charge in [0.1, 0.15) is 48.3 Å². The number of nitrogens with one attached hydrogen (secondary N) is 11. The number of H-pyrrole nitrogens is 2. The maximum Gasteiger partial charge on any atom is 0.328 e. The van der Waals surface area contributed by atoms with E-state index >= 15 is 0 Å². The Morgan fingerprint density at radius 2 is 1.01 bits per heavy atom. The number of aliphatic imine (C=N–C) groups is 1. The molecule has 0 radical (unpaired) electrons. The number of hydrogen-bond donors (Lipinski definition) is 18. The Bertz CT molecular complexity index is 3000. The molecule has 0 saturated carbocycles. The number of carbonyl (C=O) groups is 11. The number of carboxylic acids is 2. The van der Waals surface area contributed by atoms with E-state index in [1.807, 2.05) is 23.5 Å². The molecule has 2 heterocycles. The monoisotopic (exact) mass is 1210 g/mol. The van der Waals surface area contributed by atoms with Gasteiger partial charge in [-0.25, -0.2) is 4.79 Å². The van der Waals surface area contributed by atoms with Crippen LogP contribution in [-0.4, -0.2) is 195 Å². The van der Waals surface area contributed by atoms with Gasteiger partial charge >= 0.3 is 11.9 Å². The van der Waals surface area contributed by atoms with E-state index in [1.165, 1.54) is 11.8 Å². The smallest absolute Gasteiger partial charge is 0.328 e. The average molecular weight is 1210 g/mol. The first-order chi connectivity index (χ1) is 40.4. The summed E-state index contributed by atoms with van der Waals surface area (Å²) in [5.41, 5.74) is 19.2. The first-order valence-electron chi connectivity index (χ1n) is 27.2. The summed E-state index contributed by atoms with van der Waals surface area (Å²) in [6.07, 6.45) is 3.50. The maximum absolute atomic E-state index is 14.8. The summed E-state index contributed by atoms with van der Waals surface area (Å²) in [4.78, 5) is 157. The summed E-state index contributed by atoms with van der Waals surface area (Å²) in [7, 11) is 0. The van der Waals surface area contributed by atoms with Crippen LogP contribution in [0.2, 0.25) is 0 Å². The number of amides is 9. The first kappa shape index (κ1) is 68.7. The van der Waals surface area contributed by atoms with Gasteiger partial charge in [0.2, 0.25) is 53.2 Å². The van der Waals surface area contributed by atoms with Gasteiger partial charge < -0.3 is 95.4 Å². The van der Waals surface area contributed by atoms with Gasteiger partial charge in [0, 0.05) is 60.0 Å². The Morgan fingerprint density at radius 1 is 0.565 bits per heavy atom. The number of rotatable bonds is 37. The van der Waals surface area contributed by atoms with Crippen molar-refractivity contribution in [1.29, 1.82) is 0 Å². The van der Waals surface area contributed by atoms with Crippen LogP contribution in [0.4, 0.5) is 0 Å². The second kappa shape index (κ2) is 34.7. The van der Waals surface area contributed by atoms with E-state index in [0.29, 0.717) is 27.8 Å². The summed E-state index contributed by atoms with van der Waals surface area (Å²) < 4.78 is 0. The number of guanidine groups is 1. The third kappa shape index (κ3) is 22.7. The standard InChI is InChI=1S/C54H77N15O15S/c1-28(2)19-39(68-49(79)38(16-18-85-3)67-51(81)40(63-43(72)24-61-46(76)33(55)26-70)20-29-22-59-34-11-6-4-9-31(29)34)50(80)69-41(21-30-23-60-35-12-7-5-10-32(30)35)52(82)65-36(13-8-17-58-54(56)57)48(78)66-37(14-15-45(74)75)47(77)62-25-44(73)64-42(27-71)53(83)84/h4-7,9-12,22-23,28,33,36-42,59-60,70-71H,8,13-21,24-27,55H2,1-3H3,(H,61,76)(H,62,77)(H,63,72)(H,64,73)(H,65,82)(H,66,78)(H,67,81)(H,68,79)(H,69,80)(H,74,75)(H,83,84)(H4,56,57,58)/t33-,36-,37-,38-,39-,40-,41-,42-/m0/s1. The van der Waals surface area contributed by atoms with Gasteiger partial charge in [0.15, 0.2) is 5.96 Å². The Morgan fingerprint density at radius 3 is 1.49 bits per heavy atom. The van der Waals surface area contributed by atoms with Gasteiger partial charge in [-0.3, -0.25) is 52.9 Å². The zero-order valence-corrected chi connectivity index (χ0v) is 48.1. The number of carboxylic acid groups (broad SMARTS) is 2. The van der Waals surface area contributed by atoms with Crippen LogP contribution in [-0.2, 0) is 65.6 Å². The van der Waals surface area contributed by atoms with E-state index in [0.717, 1.165) is 10.9 Å². The molecule has 464 valence electrons. The van der Waals surface area contributed by atoms with Crippen molar-refractivity contribution in [2.24, 2.45) is 28.1 Å². The molecular formula is C54H77N15O15S. The Balaban J connectivity index is 1.65. The van der Waals surface area contributed by atoms with Crippen molar-refractivity contribution in [3.63, 3.8) is 0 Å². The SMILES string of the molecule is CSCC[C@H](NC(=O)[C@H](Cc1c[nH]c2ccccc12)NC(=O)CNC(=O)[C@@H](N)CO)C(=O)N[C@@H](CC(C)C)C(=O)N[C@@H](Cc1c[nH]c2ccccc12)C(=O)N[C@@H](CCCN=C(N)N)C(=O)N[C@@H](CCC(=O)O)C(=O)NCC(=O)N[C@@H](CO)C(=O)O. The fourth-order valence-electron chi connectivity index (χ4n) is 8.69. The average Bonchev–Trinajstić information content (AvgIpc) is 4.11. The molecule has 0 saturated heterocycles. The lowest BCUT2D eigenvalue weighted by molar-refractivity contribution is -0.143. The molecule has 85 heavy (non-hydrogen) atoms. The van der Waals surface area contributed by atoms with E-state index in [2.05, 4.69) is 57.5 Å². The molecule has 0 fully saturated rings. The Kier molecular flexibility index (Phi) is 28.1. The van der Waals surface area contributed by atoms with Crippen molar-refractivity contribution in [1.82, 2.24) is 57.8 Å². The van der Waals surface area contributed by atoms with E-state index in [1.54, 1.807) is 62.8 Å². The lowest BCUT2D eigenvalue weighted by atomic mass is 9.99.